The van der Waals surface area contributed by atoms with E-state index >= 15 is 0 Å². The Labute approximate surface area is 130 Å². The summed E-state index contributed by atoms with van der Waals surface area (Å²) in [7, 11) is 2.27. The van der Waals surface area contributed by atoms with Crippen LogP contribution in [0.3, 0.4) is 0 Å². The van der Waals surface area contributed by atoms with Gasteiger partial charge in [0.15, 0.2) is 0 Å². The third kappa shape index (κ3) is 5.80. The highest BCUT2D eigenvalue weighted by Crippen LogP contribution is 2.24. The summed E-state index contributed by atoms with van der Waals surface area (Å²) < 4.78 is 0. The SMILES string of the molecule is CCCNC1CCCCCC1CN(C)Cc1ccccc1. The molecule has 2 atom stereocenters. The van der Waals surface area contributed by atoms with Gasteiger partial charge < -0.3 is 10.2 Å². The largest absolute Gasteiger partial charge is 0.314 e. The second-order valence-electron chi connectivity index (χ2n) is 6.64. The highest BCUT2D eigenvalue weighted by Gasteiger charge is 2.24. The molecule has 0 amide bonds. The molecule has 21 heavy (non-hydrogen) atoms. The van der Waals surface area contributed by atoms with Gasteiger partial charge in [0.25, 0.3) is 0 Å². The molecule has 1 aliphatic carbocycles. The number of rotatable bonds is 7. The summed E-state index contributed by atoms with van der Waals surface area (Å²) >= 11 is 0. The minimum absolute atomic E-state index is 0.727. The van der Waals surface area contributed by atoms with Crippen LogP contribution < -0.4 is 5.32 Å². The Morgan fingerprint density at radius 3 is 2.62 bits per heavy atom. The van der Waals surface area contributed by atoms with Crippen molar-refractivity contribution >= 4 is 0 Å². The van der Waals surface area contributed by atoms with E-state index < -0.39 is 0 Å². The zero-order chi connectivity index (χ0) is 14.9. The van der Waals surface area contributed by atoms with Crippen molar-refractivity contribution in [2.45, 2.75) is 58.0 Å². The molecule has 0 heterocycles. The lowest BCUT2D eigenvalue weighted by Gasteiger charge is -2.30. The molecule has 2 rings (SSSR count). The lowest BCUT2D eigenvalue weighted by Crippen LogP contribution is -2.41. The first-order chi connectivity index (χ1) is 10.3. The number of benzene rings is 1. The number of hydrogen-bond acceptors (Lipinski definition) is 2. The second-order valence-corrected chi connectivity index (χ2v) is 6.64. The summed E-state index contributed by atoms with van der Waals surface area (Å²) in [4.78, 5) is 2.51. The Balaban J connectivity index is 1.87. The minimum atomic E-state index is 0.727. The minimum Gasteiger partial charge on any atom is -0.314 e. The Hall–Kier alpha value is -0.860. The first-order valence-corrected chi connectivity index (χ1v) is 8.75. The Morgan fingerprint density at radius 2 is 1.86 bits per heavy atom. The third-order valence-electron chi connectivity index (χ3n) is 4.66. The molecule has 1 aliphatic rings. The van der Waals surface area contributed by atoms with Crippen molar-refractivity contribution in [3.8, 4) is 0 Å². The molecule has 2 nitrogen and oxygen atoms in total. The van der Waals surface area contributed by atoms with Crippen molar-refractivity contribution in [3.63, 3.8) is 0 Å². The van der Waals surface area contributed by atoms with Crippen LogP contribution in [0.5, 0.6) is 0 Å². The van der Waals surface area contributed by atoms with Crippen molar-refractivity contribution in [1.82, 2.24) is 10.2 Å². The summed E-state index contributed by atoms with van der Waals surface area (Å²) in [5, 5.41) is 3.80. The lowest BCUT2D eigenvalue weighted by atomic mass is 9.94. The van der Waals surface area contributed by atoms with Gasteiger partial charge in [0.05, 0.1) is 0 Å². The summed E-state index contributed by atoms with van der Waals surface area (Å²) in [6, 6.07) is 11.6. The topological polar surface area (TPSA) is 15.3 Å². The van der Waals surface area contributed by atoms with Gasteiger partial charge in [-0.1, -0.05) is 56.5 Å². The second kappa shape index (κ2) is 9.22. The van der Waals surface area contributed by atoms with Crippen molar-refractivity contribution in [2.24, 2.45) is 5.92 Å². The third-order valence-corrected chi connectivity index (χ3v) is 4.66. The van der Waals surface area contributed by atoms with Crippen LogP contribution in [0.2, 0.25) is 0 Å². The predicted octanol–water partition coefficient (Wildman–Crippen LogP) is 4.07. The van der Waals surface area contributed by atoms with Crippen LogP contribution >= 0.6 is 0 Å². The van der Waals surface area contributed by atoms with Crippen molar-refractivity contribution in [3.05, 3.63) is 35.9 Å². The van der Waals surface area contributed by atoms with Crippen LogP contribution in [0.15, 0.2) is 30.3 Å². The van der Waals surface area contributed by atoms with E-state index in [0.717, 1.165) is 18.5 Å². The van der Waals surface area contributed by atoms with Crippen molar-refractivity contribution in [2.75, 3.05) is 20.1 Å². The highest BCUT2D eigenvalue weighted by molar-refractivity contribution is 5.14. The monoisotopic (exact) mass is 288 g/mol. The molecule has 0 radical (unpaired) electrons. The molecular weight excluding hydrogens is 256 g/mol. The number of hydrogen-bond donors (Lipinski definition) is 1. The molecule has 0 aliphatic heterocycles. The van der Waals surface area contributed by atoms with E-state index in [2.05, 4.69) is 54.5 Å². The van der Waals surface area contributed by atoms with E-state index in [-0.39, 0.29) is 0 Å². The Kier molecular flexibility index (Phi) is 7.25. The van der Waals surface area contributed by atoms with Gasteiger partial charge >= 0.3 is 0 Å². The summed E-state index contributed by atoms with van der Waals surface area (Å²) in [5.41, 5.74) is 1.42. The highest BCUT2D eigenvalue weighted by atomic mass is 15.1. The van der Waals surface area contributed by atoms with Gasteiger partial charge in [-0.2, -0.15) is 0 Å². The fourth-order valence-electron chi connectivity index (χ4n) is 3.56. The molecule has 0 saturated heterocycles. The smallest absolute Gasteiger partial charge is 0.0230 e. The fourth-order valence-corrected chi connectivity index (χ4v) is 3.56. The van der Waals surface area contributed by atoms with Gasteiger partial charge in [0, 0.05) is 19.1 Å². The molecule has 2 unspecified atom stereocenters. The van der Waals surface area contributed by atoms with E-state index in [9.17, 15) is 0 Å². The van der Waals surface area contributed by atoms with Gasteiger partial charge in [0.2, 0.25) is 0 Å². The van der Waals surface area contributed by atoms with Crippen LogP contribution in [0.4, 0.5) is 0 Å². The summed E-state index contributed by atoms with van der Waals surface area (Å²) in [6.07, 6.45) is 8.23. The molecule has 1 aromatic carbocycles. The van der Waals surface area contributed by atoms with E-state index in [1.54, 1.807) is 0 Å². The van der Waals surface area contributed by atoms with Crippen molar-refractivity contribution < 1.29 is 0 Å². The van der Waals surface area contributed by atoms with Gasteiger partial charge in [-0.25, -0.2) is 0 Å². The van der Waals surface area contributed by atoms with Crippen LogP contribution in [0.1, 0.15) is 51.0 Å². The molecular formula is C19H32N2. The Morgan fingerprint density at radius 1 is 1.10 bits per heavy atom. The molecule has 0 spiro atoms. The fraction of sp³-hybridized carbons (Fsp3) is 0.684. The molecule has 2 heteroatoms. The van der Waals surface area contributed by atoms with Crippen LogP contribution in [0, 0.1) is 5.92 Å². The maximum Gasteiger partial charge on any atom is 0.0230 e. The maximum absolute atomic E-state index is 3.80. The van der Waals surface area contributed by atoms with Crippen LogP contribution in [-0.2, 0) is 6.54 Å². The predicted molar refractivity (Wildman–Crippen MR) is 91.4 cm³/mol. The lowest BCUT2D eigenvalue weighted by molar-refractivity contribution is 0.219. The van der Waals surface area contributed by atoms with E-state index in [1.807, 2.05) is 0 Å². The molecule has 1 aromatic rings. The van der Waals surface area contributed by atoms with E-state index in [1.165, 1.54) is 57.2 Å². The zero-order valence-corrected chi connectivity index (χ0v) is 13.9. The average Bonchev–Trinajstić information content (AvgIpc) is 2.71. The first-order valence-electron chi connectivity index (χ1n) is 8.75. The van der Waals surface area contributed by atoms with Gasteiger partial charge in [-0.05, 0) is 44.3 Å². The molecule has 0 aromatic heterocycles. The van der Waals surface area contributed by atoms with Gasteiger partial charge in [-0.3, -0.25) is 0 Å². The van der Waals surface area contributed by atoms with E-state index in [4.69, 9.17) is 0 Å². The van der Waals surface area contributed by atoms with E-state index in [0.29, 0.717) is 0 Å². The van der Waals surface area contributed by atoms with Crippen LogP contribution in [0.25, 0.3) is 0 Å². The van der Waals surface area contributed by atoms with Crippen LogP contribution in [-0.4, -0.2) is 31.1 Å². The average molecular weight is 288 g/mol. The van der Waals surface area contributed by atoms with Crippen molar-refractivity contribution in [1.29, 1.82) is 0 Å². The number of nitrogens with one attached hydrogen (secondary N) is 1. The quantitative estimate of drug-likeness (QED) is 0.761. The summed E-state index contributed by atoms with van der Waals surface area (Å²) in [5.74, 6) is 0.813. The Bertz CT molecular complexity index is 376. The van der Waals surface area contributed by atoms with Gasteiger partial charge in [0.1, 0.15) is 0 Å². The molecule has 118 valence electrons. The molecule has 1 N–H and O–H groups in total. The number of nitrogens with zero attached hydrogens (tertiary/aromatic N) is 1. The zero-order valence-electron chi connectivity index (χ0n) is 13.9. The molecule has 0 bridgehead atoms. The van der Waals surface area contributed by atoms with Gasteiger partial charge in [-0.15, -0.1) is 0 Å². The summed E-state index contributed by atoms with van der Waals surface area (Å²) in [6.45, 7) is 5.72. The molecule has 1 fully saturated rings. The standard InChI is InChI=1S/C19H32N2/c1-3-14-20-19-13-9-5-8-12-18(19)16-21(2)15-17-10-6-4-7-11-17/h4,6-7,10-11,18-20H,3,5,8-9,12-16H2,1-2H3. The normalized spacial score (nSPS) is 23.2. The first kappa shape index (κ1) is 16.5. The molecule has 1 saturated carbocycles. The maximum atomic E-state index is 3.80.